The van der Waals surface area contributed by atoms with Crippen LogP contribution in [0.2, 0.25) is 5.02 Å². The summed E-state index contributed by atoms with van der Waals surface area (Å²) in [6, 6.07) is 10.7. The van der Waals surface area contributed by atoms with Gasteiger partial charge in [-0.3, -0.25) is 4.79 Å². The zero-order chi connectivity index (χ0) is 24.8. The number of carbonyl (C=O) groups is 1. The lowest BCUT2D eigenvalue weighted by molar-refractivity contribution is -0.137. The average molecular weight is 491 g/mol. The molecule has 0 aliphatic carbocycles. The topological polar surface area (TPSA) is 59.3 Å². The smallest absolute Gasteiger partial charge is 0.325 e. The maximum Gasteiger partial charge on any atom is 0.418 e. The van der Waals surface area contributed by atoms with Crippen molar-refractivity contribution in [3.63, 3.8) is 0 Å². The van der Waals surface area contributed by atoms with E-state index in [1.54, 1.807) is 32.9 Å². The van der Waals surface area contributed by atoms with Crippen molar-refractivity contribution in [1.82, 2.24) is 14.6 Å². The van der Waals surface area contributed by atoms with E-state index in [2.05, 4.69) is 15.4 Å². The molecule has 4 rings (SSSR count). The first-order chi connectivity index (χ1) is 15.8. The summed E-state index contributed by atoms with van der Waals surface area (Å²) in [6.45, 7) is 4.81. The summed E-state index contributed by atoms with van der Waals surface area (Å²) in [6.07, 6.45) is -3.14. The quantitative estimate of drug-likeness (QED) is 0.319. The second kappa shape index (κ2) is 8.39. The highest BCUT2D eigenvalue weighted by molar-refractivity contribution is 6.30. The summed E-state index contributed by atoms with van der Waals surface area (Å²) in [5.41, 5.74) is -0.632. The second-order valence-corrected chi connectivity index (χ2v) is 9.17. The van der Waals surface area contributed by atoms with E-state index in [0.717, 1.165) is 6.07 Å². The Morgan fingerprint density at radius 3 is 2.41 bits per heavy atom. The molecule has 10 heteroatoms. The molecule has 0 aliphatic heterocycles. The van der Waals surface area contributed by atoms with E-state index in [0.29, 0.717) is 27.6 Å². The van der Waals surface area contributed by atoms with Crippen LogP contribution in [0.5, 0.6) is 0 Å². The van der Waals surface area contributed by atoms with Gasteiger partial charge in [0.05, 0.1) is 28.8 Å². The second-order valence-electron chi connectivity index (χ2n) is 8.73. The number of anilines is 1. The monoisotopic (exact) mass is 490 g/mol. The van der Waals surface area contributed by atoms with Crippen molar-refractivity contribution in [3.8, 4) is 22.5 Å². The molecular weight excluding hydrogens is 472 g/mol. The van der Waals surface area contributed by atoms with Crippen LogP contribution in [0.3, 0.4) is 0 Å². The minimum atomic E-state index is -4.66. The summed E-state index contributed by atoms with van der Waals surface area (Å²) in [4.78, 5) is 16.8. The van der Waals surface area contributed by atoms with Gasteiger partial charge >= 0.3 is 6.18 Å². The highest BCUT2D eigenvalue weighted by Gasteiger charge is 2.35. The number of nitrogens with zero attached hydrogens (tertiary/aromatic N) is 3. The number of hydrogen-bond donors (Lipinski definition) is 1. The first kappa shape index (κ1) is 23.7. The third kappa shape index (κ3) is 4.75. The molecule has 0 atom stereocenters. The Morgan fingerprint density at radius 1 is 1.00 bits per heavy atom. The van der Waals surface area contributed by atoms with Gasteiger partial charge in [-0.15, -0.1) is 0 Å². The molecule has 34 heavy (non-hydrogen) atoms. The molecule has 176 valence electrons. The fourth-order valence-electron chi connectivity index (χ4n) is 3.22. The number of nitrogens with one attached hydrogen (secondary N) is 1. The zero-order valence-corrected chi connectivity index (χ0v) is 19.1. The molecule has 1 N–H and O–H groups in total. The number of hydrogen-bond acceptors (Lipinski definition) is 3. The van der Waals surface area contributed by atoms with Gasteiger partial charge in [0, 0.05) is 21.6 Å². The number of rotatable bonds is 3. The fraction of sp³-hybridized carbons (Fsp3) is 0.208. The molecule has 0 saturated carbocycles. The van der Waals surface area contributed by atoms with Crippen LogP contribution in [-0.2, 0) is 11.0 Å². The molecule has 4 aromatic rings. The van der Waals surface area contributed by atoms with E-state index in [1.807, 2.05) is 0 Å². The Labute approximate surface area is 197 Å². The summed E-state index contributed by atoms with van der Waals surface area (Å²) in [5.74, 6) is -1.06. The molecule has 0 fully saturated rings. The number of carbonyl (C=O) groups excluding carboxylic acids is 1. The summed E-state index contributed by atoms with van der Waals surface area (Å²) in [7, 11) is 0. The number of aromatic nitrogens is 3. The molecular formula is C24H19ClF4N4O. The van der Waals surface area contributed by atoms with Gasteiger partial charge < -0.3 is 5.32 Å². The molecule has 0 radical (unpaired) electrons. The van der Waals surface area contributed by atoms with E-state index < -0.39 is 28.9 Å². The summed E-state index contributed by atoms with van der Waals surface area (Å²) in [5, 5.41) is 7.09. The normalized spacial score (nSPS) is 12.2. The van der Waals surface area contributed by atoms with Gasteiger partial charge in [0.15, 0.2) is 5.65 Å². The highest BCUT2D eigenvalue weighted by atomic mass is 35.5. The predicted molar refractivity (Wildman–Crippen MR) is 122 cm³/mol. The van der Waals surface area contributed by atoms with Crippen molar-refractivity contribution in [2.45, 2.75) is 26.9 Å². The maximum absolute atomic E-state index is 14.2. The van der Waals surface area contributed by atoms with Crippen molar-refractivity contribution in [1.29, 1.82) is 0 Å². The molecule has 0 aliphatic rings. The third-order valence-electron chi connectivity index (χ3n) is 5.07. The summed E-state index contributed by atoms with van der Waals surface area (Å²) < 4.78 is 56.3. The average Bonchev–Trinajstić information content (AvgIpc) is 3.17. The van der Waals surface area contributed by atoms with Crippen molar-refractivity contribution in [2.75, 3.05) is 5.32 Å². The Morgan fingerprint density at radius 2 is 1.74 bits per heavy atom. The van der Waals surface area contributed by atoms with E-state index in [9.17, 15) is 22.4 Å². The maximum atomic E-state index is 14.2. The van der Waals surface area contributed by atoms with Gasteiger partial charge in [0.1, 0.15) is 5.82 Å². The molecule has 0 saturated heterocycles. The van der Waals surface area contributed by atoms with Gasteiger partial charge in [0.2, 0.25) is 5.91 Å². The Balaban J connectivity index is 1.77. The van der Waals surface area contributed by atoms with Crippen LogP contribution in [-0.4, -0.2) is 20.5 Å². The number of alkyl halides is 3. The van der Waals surface area contributed by atoms with Crippen LogP contribution in [0.25, 0.3) is 28.2 Å². The first-order valence-electron chi connectivity index (χ1n) is 10.2. The van der Waals surface area contributed by atoms with E-state index in [1.165, 1.54) is 41.0 Å². The van der Waals surface area contributed by atoms with Gasteiger partial charge in [0.25, 0.3) is 0 Å². The zero-order valence-electron chi connectivity index (χ0n) is 18.3. The van der Waals surface area contributed by atoms with Gasteiger partial charge in [-0.05, 0) is 42.5 Å². The van der Waals surface area contributed by atoms with Crippen LogP contribution in [0.15, 0.2) is 54.7 Å². The molecule has 1 amide bonds. The fourth-order valence-corrected chi connectivity index (χ4v) is 3.39. The van der Waals surface area contributed by atoms with Gasteiger partial charge in [-0.25, -0.2) is 13.9 Å². The molecule has 2 heterocycles. The number of amides is 1. The Kier molecular flexibility index (Phi) is 5.85. The van der Waals surface area contributed by atoms with Crippen molar-refractivity contribution < 1.29 is 22.4 Å². The molecule has 0 bridgehead atoms. The SMILES string of the molecule is CC(C)(C)C(=O)Nc1cc(-c2cn3nc(-c4cc(Cl)ccc4F)ccc3n2)ccc1C(F)(F)F. The number of fused-ring (bicyclic) bond motifs is 1. The van der Waals surface area contributed by atoms with Crippen LogP contribution in [0.4, 0.5) is 23.2 Å². The minimum absolute atomic E-state index is 0.200. The van der Waals surface area contributed by atoms with E-state index >= 15 is 0 Å². The number of halogens is 5. The number of benzene rings is 2. The Bertz CT molecular complexity index is 1410. The van der Waals surface area contributed by atoms with Gasteiger partial charge in [-0.2, -0.15) is 18.3 Å². The molecule has 5 nitrogen and oxygen atoms in total. The first-order valence-corrected chi connectivity index (χ1v) is 10.6. The third-order valence-corrected chi connectivity index (χ3v) is 5.31. The Hall–Kier alpha value is -3.46. The molecule has 2 aromatic carbocycles. The minimum Gasteiger partial charge on any atom is -0.325 e. The van der Waals surface area contributed by atoms with Crippen LogP contribution in [0.1, 0.15) is 26.3 Å². The lowest BCUT2D eigenvalue weighted by Gasteiger charge is -2.20. The van der Waals surface area contributed by atoms with Crippen molar-refractivity contribution in [3.05, 3.63) is 71.1 Å². The molecule has 0 unspecified atom stereocenters. The summed E-state index contributed by atoms with van der Waals surface area (Å²) >= 11 is 5.97. The van der Waals surface area contributed by atoms with Crippen molar-refractivity contribution >= 4 is 28.8 Å². The molecule has 2 aromatic heterocycles. The van der Waals surface area contributed by atoms with Crippen LogP contribution >= 0.6 is 11.6 Å². The van der Waals surface area contributed by atoms with E-state index in [-0.39, 0.29) is 11.3 Å². The highest BCUT2D eigenvalue weighted by Crippen LogP contribution is 2.38. The molecule has 0 spiro atoms. The van der Waals surface area contributed by atoms with Crippen molar-refractivity contribution in [2.24, 2.45) is 5.41 Å². The standard InChI is InChI=1S/C24H19ClF4N4O/c1-23(2,3)22(34)31-19-10-13(4-6-16(19)24(27,28)29)20-12-33-21(30-20)9-8-18(32-33)15-11-14(25)5-7-17(15)26/h4-12H,1-3H3,(H,31,34). The predicted octanol–water partition coefficient (Wildman–Crippen LogP) is 6.86. The lowest BCUT2D eigenvalue weighted by Crippen LogP contribution is -2.28. The van der Waals surface area contributed by atoms with Gasteiger partial charge in [-0.1, -0.05) is 38.4 Å². The van der Waals surface area contributed by atoms with Crippen LogP contribution in [0, 0.1) is 11.2 Å². The lowest BCUT2D eigenvalue weighted by atomic mass is 9.95. The van der Waals surface area contributed by atoms with Crippen LogP contribution < -0.4 is 5.32 Å². The van der Waals surface area contributed by atoms with E-state index in [4.69, 9.17) is 11.6 Å². The largest absolute Gasteiger partial charge is 0.418 e. The number of imidazole rings is 1.